The van der Waals surface area contributed by atoms with E-state index in [0.717, 1.165) is 36.2 Å². The maximum Gasteiger partial charge on any atom is 0.242 e. The van der Waals surface area contributed by atoms with Gasteiger partial charge in [0.05, 0.1) is 29.0 Å². The van der Waals surface area contributed by atoms with Crippen LogP contribution in [0.15, 0.2) is 29.4 Å². The molecule has 1 atom stereocenters. The van der Waals surface area contributed by atoms with Crippen molar-refractivity contribution in [3.05, 3.63) is 24.5 Å². The van der Waals surface area contributed by atoms with Gasteiger partial charge in [-0.15, -0.1) is 0 Å². The summed E-state index contributed by atoms with van der Waals surface area (Å²) >= 11 is 0. The lowest BCUT2D eigenvalue weighted by Crippen LogP contribution is -2.52. The predicted molar refractivity (Wildman–Crippen MR) is 118 cm³/mol. The van der Waals surface area contributed by atoms with E-state index in [2.05, 4.69) is 48.5 Å². The van der Waals surface area contributed by atoms with Crippen molar-refractivity contribution in [3.63, 3.8) is 0 Å². The summed E-state index contributed by atoms with van der Waals surface area (Å²) in [5.41, 5.74) is 0.301. The smallest absolute Gasteiger partial charge is 0.242 e. The molecule has 1 aromatic carbocycles. The van der Waals surface area contributed by atoms with E-state index >= 15 is 0 Å². The fourth-order valence-corrected chi connectivity index (χ4v) is 5.69. The summed E-state index contributed by atoms with van der Waals surface area (Å²) < 4.78 is 28.1. The first-order valence-electron chi connectivity index (χ1n) is 10.4. The third kappa shape index (κ3) is 3.45. The molecular weight excluding hydrogens is 428 g/mol. The van der Waals surface area contributed by atoms with Crippen molar-refractivity contribution in [2.24, 2.45) is 0 Å². The summed E-state index contributed by atoms with van der Waals surface area (Å²) in [7, 11) is -3.82. The second-order valence-corrected chi connectivity index (χ2v) is 10.2. The molecule has 32 heavy (non-hydrogen) atoms. The average molecular weight is 451 g/mol. The van der Waals surface area contributed by atoms with Gasteiger partial charge in [0.2, 0.25) is 10.0 Å². The number of nitrogens with zero attached hydrogens (tertiary/aromatic N) is 6. The second-order valence-electron chi connectivity index (χ2n) is 8.48. The molecule has 1 aliphatic carbocycles. The highest BCUT2D eigenvalue weighted by atomic mass is 32.2. The summed E-state index contributed by atoms with van der Waals surface area (Å²) in [6.45, 7) is 4.72. The summed E-state index contributed by atoms with van der Waals surface area (Å²) in [5.74, 6) is 0.792. The van der Waals surface area contributed by atoms with Crippen molar-refractivity contribution in [1.29, 1.82) is 10.5 Å². The predicted octanol–water partition coefficient (Wildman–Crippen LogP) is 1.48. The quantitative estimate of drug-likeness (QED) is 0.557. The molecule has 1 saturated heterocycles. The van der Waals surface area contributed by atoms with Gasteiger partial charge in [-0.2, -0.15) is 15.2 Å². The number of rotatable bonds is 5. The molecule has 0 bridgehead atoms. The maximum atomic E-state index is 12.8. The van der Waals surface area contributed by atoms with E-state index in [1.165, 1.54) is 6.33 Å². The lowest BCUT2D eigenvalue weighted by Gasteiger charge is -2.39. The first kappa shape index (κ1) is 20.6. The van der Waals surface area contributed by atoms with Gasteiger partial charge in [-0.05, 0) is 31.9 Å². The van der Waals surface area contributed by atoms with Crippen LogP contribution < -0.4 is 9.62 Å². The molecule has 2 fully saturated rings. The van der Waals surface area contributed by atoms with Crippen molar-refractivity contribution < 1.29 is 8.42 Å². The van der Waals surface area contributed by atoms with E-state index in [9.17, 15) is 13.7 Å². The van der Waals surface area contributed by atoms with Gasteiger partial charge < -0.3 is 9.88 Å². The first-order chi connectivity index (χ1) is 15.4. The first-order valence-corrected chi connectivity index (χ1v) is 11.9. The van der Waals surface area contributed by atoms with Crippen LogP contribution in [0, 0.1) is 22.7 Å². The van der Waals surface area contributed by atoms with Gasteiger partial charge in [0, 0.05) is 36.6 Å². The molecule has 11 heteroatoms. The number of hydrogen-bond donors (Lipinski definition) is 2. The lowest BCUT2D eigenvalue weighted by atomic mass is 10.1. The van der Waals surface area contributed by atoms with Gasteiger partial charge in [-0.3, -0.25) is 4.90 Å². The number of aromatic nitrogens is 3. The molecular formula is C21H22N8O2S. The van der Waals surface area contributed by atoms with Crippen LogP contribution in [0.3, 0.4) is 0 Å². The average Bonchev–Trinajstić information content (AvgIpc) is 3.44. The maximum absolute atomic E-state index is 12.8. The Morgan fingerprint density at radius 1 is 1.28 bits per heavy atom. The molecule has 5 rings (SSSR count). The van der Waals surface area contributed by atoms with E-state index < -0.39 is 15.6 Å². The molecule has 1 aliphatic heterocycles. The van der Waals surface area contributed by atoms with Gasteiger partial charge in [0.1, 0.15) is 23.3 Å². The highest BCUT2D eigenvalue weighted by molar-refractivity contribution is 7.89. The zero-order chi connectivity index (χ0) is 22.5. The van der Waals surface area contributed by atoms with Gasteiger partial charge in [-0.25, -0.2) is 18.4 Å². The van der Waals surface area contributed by atoms with Crippen LogP contribution in [0.5, 0.6) is 0 Å². The zero-order valence-electron chi connectivity index (χ0n) is 17.5. The number of hydrogen-bond acceptors (Lipinski definition) is 8. The number of anilines is 1. The Kier molecular flexibility index (Phi) is 4.78. The van der Waals surface area contributed by atoms with Crippen LogP contribution in [0.4, 0.5) is 5.82 Å². The summed E-state index contributed by atoms with van der Waals surface area (Å²) in [6, 6.07) is 9.36. The molecule has 2 N–H and O–H groups in total. The molecule has 0 radical (unpaired) electrons. The van der Waals surface area contributed by atoms with Crippen molar-refractivity contribution in [2.45, 2.75) is 36.2 Å². The Bertz CT molecular complexity index is 1400. The topological polar surface area (TPSA) is 142 Å². The van der Waals surface area contributed by atoms with E-state index in [4.69, 9.17) is 5.26 Å². The van der Waals surface area contributed by atoms with Gasteiger partial charge in [-0.1, -0.05) is 6.07 Å². The Balaban J connectivity index is 1.52. The van der Waals surface area contributed by atoms with Gasteiger partial charge in [0.15, 0.2) is 0 Å². The number of nitriles is 2. The van der Waals surface area contributed by atoms with Crippen LogP contribution in [-0.2, 0) is 10.0 Å². The lowest BCUT2D eigenvalue weighted by molar-refractivity contribution is 0.212. The molecule has 2 aliphatic rings. The van der Waals surface area contributed by atoms with Crippen LogP contribution in [0.1, 0.15) is 19.8 Å². The Labute approximate surface area is 185 Å². The molecule has 10 nitrogen and oxygen atoms in total. The van der Waals surface area contributed by atoms with Crippen molar-refractivity contribution in [3.8, 4) is 12.1 Å². The van der Waals surface area contributed by atoms with Crippen LogP contribution in [0.2, 0.25) is 0 Å². The zero-order valence-corrected chi connectivity index (χ0v) is 18.4. The highest BCUT2D eigenvalue weighted by Gasteiger charge is 2.46. The Morgan fingerprint density at radius 3 is 2.78 bits per heavy atom. The third-order valence-corrected chi connectivity index (χ3v) is 7.82. The minimum Gasteiger partial charge on any atom is -0.353 e. The number of piperazine rings is 1. The van der Waals surface area contributed by atoms with E-state index in [0.29, 0.717) is 30.6 Å². The molecule has 1 saturated carbocycles. The van der Waals surface area contributed by atoms with Crippen LogP contribution in [0.25, 0.3) is 21.9 Å². The molecule has 3 aromatic rings. The van der Waals surface area contributed by atoms with Crippen molar-refractivity contribution in [1.82, 2.24) is 24.6 Å². The standard InChI is InChI=1S/C21H22N8O2S/c1-14-11-29(9-8-28(14)7-6-22)20-18-16-3-2-15(10-17(16)26-19(18)24-13-25-20)32(30,31)27-21(12-23)4-5-21/h2-3,10,13-14,27H,4-5,7-9,11H2,1H3,(H,24,25,26). The number of nitrogens with one attached hydrogen (secondary N) is 2. The summed E-state index contributed by atoms with van der Waals surface area (Å²) in [4.78, 5) is 16.5. The van der Waals surface area contributed by atoms with Crippen LogP contribution in [-0.4, -0.2) is 66.0 Å². The van der Waals surface area contributed by atoms with Gasteiger partial charge >= 0.3 is 0 Å². The molecule has 3 heterocycles. The van der Waals surface area contributed by atoms with E-state index in [1.807, 2.05) is 0 Å². The minimum atomic E-state index is -3.82. The van der Waals surface area contributed by atoms with E-state index in [1.54, 1.807) is 18.2 Å². The molecule has 2 aromatic heterocycles. The van der Waals surface area contributed by atoms with Crippen molar-refractivity contribution >= 4 is 37.8 Å². The monoisotopic (exact) mass is 450 g/mol. The van der Waals surface area contributed by atoms with Crippen molar-refractivity contribution in [2.75, 3.05) is 31.1 Å². The normalized spacial score (nSPS) is 20.8. The molecule has 0 spiro atoms. The van der Waals surface area contributed by atoms with E-state index in [-0.39, 0.29) is 10.9 Å². The molecule has 0 amide bonds. The SMILES string of the molecule is CC1CN(c2ncnc3[nH]c4cc(S(=O)(=O)NC5(C#N)CC5)ccc4c23)CCN1CC#N. The fraction of sp³-hybridized carbons (Fsp3) is 0.429. The summed E-state index contributed by atoms with van der Waals surface area (Å²) in [5, 5.41) is 19.9. The molecule has 164 valence electrons. The fourth-order valence-electron chi connectivity index (χ4n) is 4.29. The highest BCUT2D eigenvalue weighted by Crippen LogP contribution is 2.37. The number of sulfonamides is 1. The number of benzene rings is 1. The number of H-pyrrole nitrogens is 1. The third-order valence-electron chi connectivity index (χ3n) is 6.28. The number of aromatic amines is 1. The molecule has 1 unspecified atom stereocenters. The Hall–Kier alpha value is -3.25. The largest absolute Gasteiger partial charge is 0.353 e. The minimum absolute atomic E-state index is 0.103. The Morgan fingerprint density at radius 2 is 2.09 bits per heavy atom. The summed E-state index contributed by atoms with van der Waals surface area (Å²) in [6.07, 6.45) is 2.55. The van der Waals surface area contributed by atoms with Crippen LogP contribution >= 0.6 is 0 Å². The number of fused-ring (bicyclic) bond motifs is 3. The van der Waals surface area contributed by atoms with Gasteiger partial charge in [0.25, 0.3) is 0 Å². The second kappa shape index (κ2) is 7.41.